The molecule has 28 heavy (non-hydrogen) atoms. The molecule has 1 aliphatic heterocycles. The number of carbonyl (C=O) groups excluding carboxylic acids is 1. The molecule has 0 saturated carbocycles. The van der Waals surface area contributed by atoms with Crippen LogP contribution in [-0.2, 0) is 11.3 Å². The van der Waals surface area contributed by atoms with Crippen molar-refractivity contribution in [1.82, 2.24) is 14.5 Å². The lowest BCUT2D eigenvalue weighted by Crippen LogP contribution is -2.39. The number of amides is 1. The predicted molar refractivity (Wildman–Crippen MR) is 114 cm³/mol. The summed E-state index contributed by atoms with van der Waals surface area (Å²) in [4.78, 5) is 32.7. The van der Waals surface area contributed by atoms with Crippen LogP contribution in [0.15, 0.2) is 40.8 Å². The Morgan fingerprint density at radius 1 is 1.14 bits per heavy atom. The van der Waals surface area contributed by atoms with Crippen molar-refractivity contribution >= 4 is 27.5 Å². The van der Waals surface area contributed by atoms with E-state index in [1.807, 2.05) is 10.3 Å². The number of likely N-dealkylation sites (tertiary alicyclic amines) is 1. The standard InChI is InChI=1S/C22H25N3O2S/c1-15(2)16-6-8-17(9-7-16)18-13-28-21-20(18)22(27)25(14-23-21)12-19(26)24-10-4-3-5-11-24/h6-9,13-15H,3-5,10-12H2,1-2H3. The second kappa shape index (κ2) is 7.87. The molecule has 146 valence electrons. The number of nitrogens with zero attached hydrogens (tertiary/aromatic N) is 3. The van der Waals surface area contributed by atoms with Crippen molar-refractivity contribution in [3.63, 3.8) is 0 Å². The van der Waals surface area contributed by atoms with Gasteiger partial charge in [-0.05, 0) is 36.3 Å². The topological polar surface area (TPSA) is 55.2 Å². The third-order valence-electron chi connectivity index (χ3n) is 5.46. The summed E-state index contributed by atoms with van der Waals surface area (Å²) < 4.78 is 1.46. The van der Waals surface area contributed by atoms with Crippen LogP contribution in [0.25, 0.3) is 21.3 Å². The van der Waals surface area contributed by atoms with Crippen molar-refractivity contribution in [1.29, 1.82) is 0 Å². The summed E-state index contributed by atoms with van der Waals surface area (Å²) in [5.41, 5.74) is 3.03. The highest BCUT2D eigenvalue weighted by molar-refractivity contribution is 7.17. The molecule has 0 aliphatic carbocycles. The molecular formula is C22H25N3O2S. The molecule has 0 unspecified atom stereocenters. The van der Waals surface area contributed by atoms with Crippen molar-refractivity contribution in [3.8, 4) is 11.1 Å². The zero-order chi connectivity index (χ0) is 19.7. The first-order chi connectivity index (χ1) is 13.5. The number of carbonyl (C=O) groups is 1. The number of piperidine rings is 1. The maximum atomic E-state index is 13.1. The van der Waals surface area contributed by atoms with E-state index in [2.05, 4.69) is 43.1 Å². The first-order valence-electron chi connectivity index (χ1n) is 9.89. The molecule has 3 aromatic rings. The van der Waals surface area contributed by atoms with Gasteiger partial charge in [0, 0.05) is 24.0 Å². The largest absolute Gasteiger partial charge is 0.341 e. The van der Waals surface area contributed by atoms with Gasteiger partial charge in [-0.3, -0.25) is 14.2 Å². The molecule has 0 bridgehead atoms. The molecule has 1 fully saturated rings. The third-order valence-corrected chi connectivity index (χ3v) is 6.35. The first kappa shape index (κ1) is 18.9. The Kier molecular flexibility index (Phi) is 5.31. The molecule has 6 heteroatoms. The summed E-state index contributed by atoms with van der Waals surface area (Å²) in [6.45, 7) is 5.96. The number of hydrogen-bond donors (Lipinski definition) is 0. The molecule has 5 nitrogen and oxygen atoms in total. The van der Waals surface area contributed by atoms with E-state index in [-0.39, 0.29) is 18.0 Å². The Hall–Kier alpha value is -2.47. The summed E-state index contributed by atoms with van der Waals surface area (Å²) in [5.74, 6) is 0.467. The van der Waals surface area contributed by atoms with Crippen LogP contribution in [0.2, 0.25) is 0 Å². The van der Waals surface area contributed by atoms with E-state index in [0.29, 0.717) is 11.3 Å². The van der Waals surface area contributed by atoms with Crippen LogP contribution < -0.4 is 5.56 Å². The summed E-state index contributed by atoms with van der Waals surface area (Å²) >= 11 is 1.47. The Morgan fingerprint density at radius 3 is 2.54 bits per heavy atom. The molecule has 1 amide bonds. The van der Waals surface area contributed by atoms with E-state index < -0.39 is 0 Å². The first-order valence-corrected chi connectivity index (χ1v) is 10.8. The third kappa shape index (κ3) is 3.61. The summed E-state index contributed by atoms with van der Waals surface area (Å²) in [5, 5.41) is 2.59. The SMILES string of the molecule is CC(C)c1ccc(-c2csc3ncn(CC(=O)N4CCCCC4)c(=O)c23)cc1. The van der Waals surface area contributed by atoms with Gasteiger partial charge in [0.15, 0.2) is 0 Å². The van der Waals surface area contributed by atoms with Crippen LogP contribution in [-0.4, -0.2) is 33.4 Å². The fraction of sp³-hybridized carbons (Fsp3) is 0.409. The second-order valence-corrected chi connectivity index (χ2v) is 8.58. The van der Waals surface area contributed by atoms with Crippen LogP contribution >= 0.6 is 11.3 Å². The highest BCUT2D eigenvalue weighted by Crippen LogP contribution is 2.31. The maximum Gasteiger partial charge on any atom is 0.263 e. The van der Waals surface area contributed by atoms with E-state index in [1.165, 1.54) is 34.2 Å². The quantitative estimate of drug-likeness (QED) is 0.663. The van der Waals surface area contributed by atoms with Gasteiger partial charge >= 0.3 is 0 Å². The minimum absolute atomic E-state index is 0.000941. The molecule has 0 radical (unpaired) electrons. The molecule has 1 saturated heterocycles. The van der Waals surface area contributed by atoms with Crippen LogP contribution in [0.3, 0.4) is 0 Å². The average molecular weight is 396 g/mol. The number of hydrogen-bond acceptors (Lipinski definition) is 4. The zero-order valence-electron chi connectivity index (χ0n) is 16.4. The molecule has 3 heterocycles. The van der Waals surface area contributed by atoms with E-state index >= 15 is 0 Å². The van der Waals surface area contributed by atoms with Gasteiger partial charge in [0.05, 0.1) is 11.7 Å². The van der Waals surface area contributed by atoms with Gasteiger partial charge in [-0.1, -0.05) is 38.1 Å². The Labute approximate surface area is 168 Å². The minimum atomic E-state index is -0.139. The molecule has 1 aromatic carbocycles. The number of rotatable bonds is 4. The van der Waals surface area contributed by atoms with E-state index in [4.69, 9.17) is 0 Å². The molecule has 4 rings (SSSR count). The molecular weight excluding hydrogens is 370 g/mol. The smallest absolute Gasteiger partial charge is 0.263 e. The van der Waals surface area contributed by atoms with Gasteiger partial charge in [-0.15, -0.1) is 11.3 Å². The Morgan fingerprint density at radius 2 is 1.86 bits per heavy atom. The molecule has 1 aliphatic rings. The zero-order valence-corrected chi connectivity index (χ0v) is 17.2. The van der Waals surface area contributed by atoms with E-state index in [1.54, 1.807) is 0 Å². The minimum Gasteiger partial charge on any atom is -0.341 e. The summed E-state index contributed by atoms with van der Waals surface area (Å²) in [6, 6.07) is 8.34. The Bertz CT molecular complexity index is 1040. The van der Waals surface area contributed by atoms with Gasteiger partial charge in [-0.2, -0.15) is 0 Å². The van der Waals surface area contributed by atoms with Crippen molar-refractivity contribution < 1.29 is 4.79 Å². The molecule has 0 spiro atoms. The number of aromatic nitrogens is 2. The fourth-order valence-electron chi connectivity index (χ4n) is 3.73. The fourth-order valence-corrected chi connectivity index (χ4v) is 4.64. The lowest BCUT2D eigenvalue weighted by molar-refractivity contribution is -0.132. The maximum absolute atomic E-state index is 13.1. The van der Waals surface area contributed by atoms with E-state index in [9.17, 15) is 9.59 Å². The van der Waals surface area contributed by atoms with E-state index in [0.717, 1.165) is 41.9 Å². The normalized spacial score (nSPS) is 14.8. The number of thiophene rings is 1. The van der Waals surface area contributed by atoms with Crippen LogP contribution in [0.4, 0.5) is 0 Å². The van der Waals surface area contributed by atoms with Gasteiger partial charge in [0.25, 0.3) is 5.56 Å². The lowest BCUT2D eigenvalue weighted by atomic mass is 9.99. The van der Waals surface area contributed by atoms with Crippen molar-refractivity contribution in [2.24, 2.45) is 0 Å². The van der Waals surface area contributed by atoms with Crippen molar-refractivity contribution in [2.45, 2.75) is 45.6 Å². The van der Waals surface area contributed by atoms with Gasteiger partial charge in [0.1, 0.15) is 11.4 Å². The van der Waals surface area contributed by atoms with Gasteiger partial charge in [-0.25, -0.2) is 4.98 Å². The molecule has 0 atom stereocenters. The molecule has 2 aromatic heterocycles. The predicted octanol–water partition coefficient (Wildman–Crippen LogP) is 4.26. The lowest BCUT2D eigenvalue weighted by Gasteiger charge is -2.26. The highest BCUT2D eigenvalue weighted by Gasteiger charge is 2.19. The Balaban J connectivity index is 1.67. The van der Waals surface area contributed by atoms with Gasteiger partial charge < -0.3 is 4.90 Å². The average Bonchev–Trinajstić information content (AvgIpc) is 3.15. The summed E-state index contributed by atoms with van der Waals surface area (Å²) in [7, 11) is 0. The van der Waals surface area contributed by atoms with Crippen LogP contribution in [0.5, 0.6) is 0 Å². The number of benzene rings is 1. The van der Waals surface area contributed by atoms with Gasteiger partial charge in [0.2, 0.25) is 5.91 Å². The monoisotopic (exact) mass is 395 g/mol. The van der Waals surface area contributed by atoms with Crippen molar-refractivity contribution in [3.05, 3.63) is 51.9 Å². The van der Waals surface area contributed by atoms with Crippen LogP contribution in [0, 0.1) is 0 Å². The molecule has 0 N–H and O–H groups in total. The summed E-state index contributed by atoms with van der Waals surface area (Å²) in [6.07, 6.45) is 4.76. The highest BCUT2D eigenvalue weighted by atomic mass is 32.1. The van der Waals surface area contributed by atoms with Crippen molar-refractivity contribution in [2.75, 3.05) is 13.1 Å². The number of fused-ring (bicyclic) bond motifs is 1. The van der Waals surface area contributed by atoms with Crippen LogP contribution in [0.1, 0.15) is 44.6 Å². The second-order valence-electron chi connectivity index (χ2n) is 7.73.